The Kier molecular flexibility index (Phi) is 6.67. The van der Waals surface area contributed by atoms with Crippen molar-refractivity contribution in [2.75, 3.05) is 27.4 Å². The van der Waals surface area contributed by atoms with Crippen molar-refractivity contribution in [3.05, 3.63) is 69.8 Å². The zero-order valence-corrected chi connectivity index (χ0v) is 22.5. The fourth-order valence-corrected chi connectivity index (χ4v) is 4.97. The Morgan fingerprint density at radius 1 is 0.667 bits per heavy atom. The monoisotopic (exact) mass is 492 g/mol. The average Bonchev–Trinajstić information content (AvgIpc) is 2.83. The molecule has 0 heterocycles. The third kappa shape index (κ3) is 4.61. The molecule has 0 saturated carbocycles. The first-order valence-electron chi connectivity index (χ1n) is 12.3. The van der Waals surface area contributed by atoms with Crippen molar-refractivity contribution in [2.24, 2.45) is 10.8 Å². The summed E-state index contributed by atoms with van der Waals surface area (Å²) in [4.78, 5) is 26.4. The van der Waals surface area contributed by atoms with E-state index in [2.05, 4.69) is 41.5 Å². The quantitative estimate of drug-likeness (QED) is 0.477. The molecule has 36 heavy (non-hydrogen) atoms. The van der Waals surface area contributed by atoms with Crippen molar-refractivity contribution in [2.45, 2.75) is 53.4 Å². The minimum atomic E-state index is -0.548. The second-order valence-corrected chi connectivity index (χ2v) is 11.9. The highest BCUT2D eigenvalue weighted by molar-refractivity contribution is 6.06. The number of rotatable bonds is 6. The number of hydrogen-bond acceptors (Lipinski definition) is 6. The van der Waals surface area contributed by atoms with E-state index in [0.717, 1.165) is 22.3 Å². The van der Waals surface area contributed by atoms with Crippen LogP contribution in [0.2, 0.25) is 0 Å². The van der Waals surface area contributed by atoms with Crippen LogP contribution in [-0.2, 0) is 19.1 Å². The summed E-state index contributed by atoms with van der Waals surface area (Å²) in [6, 6.07) is 11.7. The number of hydrogen-bond donors (Lipinski definition) is 0. The lowest BCUT2D eigenvalue weighted by Gasteiger charge is -2.43. The summed E-state index contributed by atoms with van der Waals surface area (Å²) < 4.78 is 23.1. The molecule has 6 heteroatoms. The normalized spacial score (nSPS) is 18.3. The molecular weight excluding hydrogens is 456 g/mol. The van der Waals surface area contributed by atoms with Gasteiger partial charge in [-0.25, -0.2) is 9.59 Å². The second-order valence-electron chi connectivity index (χ2n) is 11.9. The molecular formula is C30H36O6. The van der Waals surface area contributed by atoms with Gasteiger partial charge in [0.15, 0.2) is 0 Å². The number of carbonyl (C=O) groups is 2. The molecule has 3 aliphatic carbocycles. The molecule has 2 unspecified atom stereocenters. The minimum Gasteiger partial charge on any atom is -0.493 e. The molecule has 0 N–H and O–H groups in total. The largest absolute Gasteiger partial charge is 0.493 e. The van der Waals surface area contributed by atoms with Crippen molar-refractivity contribution in [3.63, 3.8) is 0 Å². The van der Waals surface area contributed by atoms with E-state index in [9.17, 15) is 9.59 Å². The van der Waals surface area contributed by atoms with Crippen LogP contribution in [-0.4, -0.2) is 39.4 Å². The van der Waals surface area contributed by atoms with E-state index < -0.39 is 23.8 Å². The molecule has 0 fully saturated rings. The van der Waals surface area contributed by atoms with Gasteiger partial charge in [0, 0.05) is 23.0 Å². The van der Waals surface area contributed by atoms with Crippen molar-refractivity contribution in [3.8, 4) is 11.5 Å². The first-order chi connectivity index (χ1) is 16.9. The van der Waals surface area contributed by atoms with Crippen LogP contribution in [0.1, 0.15) is 75.6 Å². The summed E-state index contributed by atoms with van der Waals surface area (Å²) in [5.41, 5.74) is 4.07. The summed E-state index contributed by atoms with van der Waals surface area (Å²) >= 11 is 0. The van der Waals surface area contributed by atoms with Crippen LogP contribution in [0.25, 0.3) is 0 Å². The number of esters is 2. The standard InChI is InChI=1S/C30H36O6/c1-29(2,3)15-35-19-13-14-20(36-16-30(4,5)6)24-22-18-12-10-9-11-17(18)21(23(19)24)25(27(31)33-7)26(22)28(32)34-8/h9-14,21-22H,15-16H2,1-8H3. The summed E-state index contributed by atoms with van der Waals surface area (Å²) in [5.74, 6) is -0.829. The molecule has 0 spiro atoms. The predicted octanol–water partition coefficient (Wildman–Crippen LogP) is 5.77. The van der Waals surface area contributed by atoms with E-state index in [1.807, 2.05) is 36.4 Å². The van der Waals surface area contributed by atoms with Gasteiger partial charge in [-0.3, -0.25) is 0 Å². The number of methoxy groups -OCH3 is 2. The van der Waals surface area contributed by atoms with Gasteiger partial charge in [0.1, 0.15) is 11.5 Å². The number of carbonyl (C=O) groups excluding carboxylic acids is 2. The first-order valence-corrected chi connectivity index (χ1v) is 12.3. The summed E-state index contributed by atoms with van der Waals surface area (Å²) in [5, 5.41) is 0. The summed E-state index contributed by atoms with van der Waals surface area (Å²) in [6.45, 7) is 13.6. The van der Waals surface area contributed by atoms with Crippen molar-refractivity contribution in [1.29, 1.82) is 0 Å². The van der Waals surface area contributed by atoms with E-state index in [4.69, 9.17) is 18.9 Å². The Morgan fingerprint density at radius 2 is 1.03 bits per heavy atom. The summed E-state index contributed by atoms with van der Waals surface area (Å²) in [7, 11) is 2.67. The summed E-state index contributed by atoms with van der Waals surface area (Å²) in [6.07, 6.45) is 0. The van der Waals surface area contributed by atoms with Crippen molar-refractivity contribution < 1.29 is 28.5 Å². The third-order valence-electron chi connectivity index (χ3n) is 6.40. The van der Waals surface area contributed by atoms with Crippen LogP contribution in [0, 0.1) is 10.8 Å². The highest BCUT2D eigenvalue weighted by Gasteiger charge is 2.51. The molecule has 0 saturated heterocycles. The fraction of sp³-hybridized carbons (Fsp3) is 0.467. The van der Waals surface area contributed by atoms with E-state index in [1.165, 1.54) is 14.2 Å². The van der Waals surface area contributed by atoms with Gasteiger partial charge in [0.25, 0.3) is 0 Å². The van der Waals surface area contributed by atoms with Crippen LogP contribution >= 0.6 is 0 Å². The fourth-order valence-electron chi connectivity index (χ4n) is 4.97. The van der Waals surface area contributed by atoms with Crippen molar-refractivity contribution in [1.82, 2.24) is 0 Å². The van der Waals surface area contributed by atoms with Gasteiger partial charge in [-0.1, -0.05) is 65.8 Å². The number of benzene rings is 2. The lowest BCUT2D eigenvalue weighted by molar-refractivity contribution is -0.140. The van der Waals surface area contributed by atoms with E-state index in [-0.39, 0.29) is 10.8 Å². The zero-order valence-electron chi connectivity index (χ0n) is 22.5. The maximum Gasteiger partial charge on any atom is 0.335 e. The Labute approximate surface area is 213 Å². The molecule has 2 aromatic rings. The van der Waals surface area contributed by atoms with E-state index in [0.29, 0.717) is 35.9 Å². The van der Waals surface area contributed by atoms with Gasteiger partial charge >= 0.3 is 11.9 Å². The van der Waals surface area contributed by atoms with Gasteiger partial charge in [-0.05, 0) is 34.1 Å². The lowest BCUT2D eigenvalue weighted by Crippen LogP contribution is -2.36. The third-order valence-corrected chi connectivity index (χ3v) is 6.40. The molecule has 0 amide bonds. The molecule has 6 nitrogen and oxygen atoms in total. The molecule has 0 aromatic heterocycles. The average molecular weight is 493 g/mol. The maximum absolute atomic E-state index is 13.2. The molecule has 2 aromatic carbocycles. The van der Waals surface area contributed by atoms with E-state index >= 15 is 0 Å². The van der Waals surface area contributed by atoms with Crippen LogP contribution in [0.15, 0.2) is 47.5 Å². The smallest absolute Gasteiger partial charge is 0.335 e. The highest BCUT2D eigenvalue weighted by atomic mass is 16.5. The van der Waals surface area contributed by atoms with Gasteiger partial charge in [0.2, 0.25) is 0 Å². The zero-order chi connectivity index (χ0) is 26.4. The van der Waals surface area contributed by atoms with Gasteiger partial charge in [0.05, 0.1) is 38.6 Å². The minimum absolute atomic E-state index is 0.0714. The van der Waals surface area contributed by atoms with Gasteiger partial charge < -0.3 is 18.9 Å². The predicted molar refractivity (Wildman–Crippen MR) is 138 cm³/mol. The van der Waals surface area contributed by atoms with Crippen LogP contribution in [0.4, 0.5) is 0 Å². The lowest BCUT2D eigenvalue weighted by atomic mass is 9.60. The van der Waals surface area contributed by atoms with Gasteiger partial charge in [-0.2, -0.15) is 0 Å². The molecule has 2 bridgehead atoms. The number of ether oxygens (including phenoxy) is 4. The molecule has 0 aliphatic heterocycles. The second kappa shape index (κ2) is 9.30. The Morgan fingerprint density at radius 3 is 1.33 bits per heavy atom. The maximum atomic E-state index is 13.2. The Bertz CT molecular complexity index is 1130. The molecule has 5 rings (SSSR count). The first kappa shape index (κ1) is 25.8. The molecule has 0 radical (unpaired) electrons. The molecule has 192 valence electrons. The Balaban J connectivity index is 2.02. The van der Waals surface area contributed by atoms with E-state index in [1.54, 1.807) is 0 Å². The molecule has 2 atom stereocenters. The molecule has 3 aliphatic rings. The topological polar surface area (TPSA) is 71.1 Å². The van der Waals surface area contributed by atoms with Gasteiger partial charge in [-0.15, -0.1) is 0 Å². The van der Waals surface area contributed by atoms with Crippen molar-refractivity contribution >= 4 is 11.9 Å². The van der Waals surface area contributed by atoms with Crippen LogP contribution in [0.5, 0.6) is 11.5 Å². The van der Waals surface area contributed by atoms with Crippen LogP contribution < -0.4 is 9.47 Å². The van der Waals surface area contributed by atoms with Crippen LogP contribution in [0.3, 0.4) is 0 Å². The SMILES string of the molecule is COC(=O)C1=C(C(=O)OC)C2c3ccccc3C1c1c(OCC(C)(C)C)ccc(OCC(C)(C)C)c12. The highest BCUT2D eigenvalue weighted by Crippen LogP contribution is 2.60. The Hall–Kier alpha value is -3.28.